The molecular formula is C17H32N4O5. The number of amides is 4. The van der Waals surface area contributed by atoms with Crippen molar-refractivity contribution in [2.75, 3.05) is 26.2 Å². The van der Waals surface area contributed by atoms with Crippen molar-refractivity contribution in [3.05, 3.63) is 0 Å². The monoisotopic (exact) mass is 372 g/mol. The Hall–Kier alpha value is -2.45. The van der Waals surface area contributed by atoms with E-state index in [-0.39, 0.29) is 49.7 Å². The number of nitrogens with one attached hydrogen (secondary N) is 4. The van der Waals surface area contributed by atoms with Gasteiger partial charge in [0, 0.05) is 11.8 Å². The Bertz CT molecular complexity index is 448. The molecule has 0 aliphatic carbocycles. The maximum atomic E-state index is 11.5. The Morgan fingerprint density at radius 1 is 0.577 bits per heavy atom. The Kier molecular flexibility index (Phi) is 14.7. The highest BCUT2D eigenvalue weighted by atomic mass is 16.2. The highest BCUT2D eigenvalue weighted by Crippen LogP contribution is 1.91. The lowest BCUT2D eigenvalue weighted by atomic mass is 10.1. The summed E-state index contributed by atoms with van der Waals surface area (Å²) >= 11 is 0. The third kappa shape index (κ3) is 13.9. The number of rotatable bonds is 10. The van der Waals surface area contributed by atoms with Gasteiger partial charge in [-0.2, -0.15) is 0 Å². The topological polar surface area (TPSA) is 133 Å². The minimum Gasteiger partial charge on any atom is -0.347 e. The van der Waals surface area contributed by atoms with E-state index in [1.165, 1.54) is 0 Å². The molecule has 0 bridgehead atoms. The van der Waals surface area contributed by atoms with Crippen LogP contribution in [0.2, 0.25) is 0 Å². The van der Waals surface area contributed by atoms with Crippen molar-refractivity contribution in [2.24, 2.45) is 11.8 Å². The van der Waals surface area contributed by atoms with Gasteiger partial charge in [0.05, 0.1) is 26.2 Å². The molecule has 0 atom stereocenters. The molecular weight excluding hydrogens is 340 g/mol. The fourth-order valence-corrected chi connectivity index (χ4v) is 1.31. The summed E-state index contributed by atoms with van der Waals surface area (Å²) in [5, 5.41) is 9.43. The van der Waals surface area contributed by atoms with Crippen molar-refractivity contribution in [3.8, 4) is 0 Å². The number of hydrogen-bond acceptors (Lipinski definition) is 5. The fraction of sp³-hybridized carbons (Fsp3) is 0.706. The van der Waals surface area contributed by atoms with Gasteiger partial charge < -0.3 is 21.3 Å². The van der Waals surface area contributed by atoms with Crippen LogP contribution >= 0.6 is 0 Å². The van der Waals surface area contributed by atoms with E-state index >= 15 is 0 Å². The molecule has 9 heteroatoms. The van der Waals surface area contributed by atoms with Gasteiger partial charge in [0.15, 0.2) is 5.78 Å². The maximum Gasteiger partial charge on any atom is 0.239 e. The van der Waals surface area contributed by atoms with Crippen LogP contribution in [0.1, 0.15) is 41.5 Å². The molecule has 0 saturated heterocycles. The second-order valence-corrected chi connectivity index (χ2v) is 5.82. The molecule has 0 unspecified atom stereocenters. The van der Waals surface area contributed by atoms with Crippen LogP contribution in [0.5, 0.6) is 0 Å². The molecule has 0 saturated carbocycles. The molecule has 0 aliphatic heterocycles. The van der Waals surface area contributed by atoms with Crippen molar-refractivity contribution in [2.45, 2.75) is 41.5 Å². The van der Waals surface area contributed by atoms with Crippen LogP contribution < -0.4 is 21.3 Å². The van der Waals surface area contributed by atoms with Gasteiger partial charge in [-0.1, -0.05) is 41.5 Å². The highest BCUT2D eigenvalue weighted by Gasteiger charge is 2.12. The summed E-state index contributed by atoms with van der Waals surface area (Å²) < 4.78 is 0. The summed E-state index contributed by atoms with van der Waals surface area (Å²) in [6, 6.07) is 0. The second-order valence-electron chi connectivity index (χ2n) is 5.82. The summed E-state index contributed by atoms with van der Waals surface area (Å²) in [4.78, 5) is 57.0. The Labute approximate surface area is 155 Å². The minimum atomic E-state index is -0.552. The van der Waals surface area contributed by atoms with Gasteiger partial charge >= 0.3 is 0 Å². The molecule has 0 aliphatic rings. The van der Waals surface area contributed by atoms with Crippen molar-refractivity contribution in [3.63, 3.8) is 0 Å². The van der Waals surface area contributed by atoms with Crippen LogP contribution in [0.15, 0.2) is 0 Å². The van der Waals surface area contributed by atoms with Gasteiger partial charge in [0.1, 0.15) is 0 Å². The molecule has 0 heterocycles. The normalized spacial score (nSPS) is 9.69. The predicted molar refractivity (Wildman–Crippen MR) is 98.1 cm³/mol. The average molecular weight is 372 g/mol. The lowest BCUT2D eigenvalue weighted by Gasteiger charge is -2.09. The van der Waals surface area contributed by atoms with Crippen molar-refractivity contribution in [1.82, 2.24) is 21.3 Å². The van der Waals surface area contributed by atoms with E-state index in [4.69, 9.17) is 0 Å². The second kappa shape index (κ2) is 14.9. The molecule has 0 aromatic carbocycles. The number of Topliss-reactive ketones (excluding diaryl/α,β-unsaturated/α-hetero) is 1. The Morgan fingerprint density at radius 3 is 1.27 bits per heavy atom. The van der Waals surface area contributed by atoms with Gasteiger partial charge in [0.2, 0.25) is 23.6 Å². The molecule has 4 N–H and O–H groups in total. The van der Waals surface area contributed by atoms with E-state index in [9.17, 15) is 24.0 Å². The van der Waals surface area contributed by atoms with Gasteiger partial charge in [-0.05, 0) is 0 Å². The first kappa shape index (κ1) is 25.8. The van der Waals surface area contributed by atoms with E-state index < -0.39 is 17.7 Å². The molecule has 9 nitrogen and oxygen atoms in total. The number of hydrogen-bond donors (Lipinski definition) is 4. The van der Waals surface area contributed by atoms with Gasteiger partial charge in [-0.15, -0.1) is 0 Å². The van der Waals surface area contributed by atoms with E-state index in [0.717, 1.165) is 0 Å². The van der Waals surface area contributed by atoms with Gasteiger partial charge in [-0.25, -0.2) is 0 Å². The van der Waals surface area contributed by atoms with Crippen LogP contribution in [0.4, 0.5) is 0 Å². The van der Waals surface area contributed by atoms with Crippen LogP contribution in [-0.4, -0.2) is 55.6 Å². The van der Waals surface area contributed by atoms with Crippen LogP contribution in [-0.2, 0) is 24.0 Å². The minimum absolute atomic E-state index is 0.0847. The first-order chi connectivity index (χ1) is 12.1. The lowest BCUT2D eigenvalue weighted by molar-refractivity contribution is -0.129. The molecule has 0 radical (unpaired) electrons. The van der Waals surface area contributed by atoms with Gasteiger partial charge in [0.25, 0.3) is 0 Å². The molecule has 0 aromatic rings. The number of carbonyl (C=O) groups excluding carboxylic acids is 5. The van der Waals surface area contributed by atoms with Crippen molar-refractivity contribution >= 4 is 29.4 Å². The standard InChI is InChI=1S/C15H26N4O5.C2H6/c1-9(2)11(20)5-16-12(21)6-17-13(22)7-18-14(23)8-19-15(24)10(3)4;1-2/h9-10H,5-8H2,1-4H3,(H,16,21)(H,17,22)(H,18,23)(H,19,24);1-2H3. The number of carbonyl (C=O) groups is 5. The van der Waals surface area contributed by atoms with E-state index in [2.05, 4.69) is 21.3 Å². The summed E-state index contributed by atoms with van der Waals surface area (Å²) in [5.41, 5.74) is 0. The van der Waals surface area contributed by atoms with E-state index in [1.807, 2.05) is 13.8 Å². The molecule has 0 fully saturated rings. The molecule has 150 valence electrons. The molecule has 0 spiro atoms. The zero-order valence-electron chi connectivity index (χ0n) is 16.5. The SMILES string of the molecule is CC.CC(C)C(=O)CNC(=O)CNC(=O)CNC(=O)CNC(=O)C(C)C. The zero-order valence-corrected chi connectivity index (χ0v) is 16.5. The summed E-state index contributed by atoms with van der Waals surface area (Å²) in [7, 11) is 0. The zero-order chi connectivity index (χ0) is 20.7. The smallest absolute Gasteiger partial charge is 0.239 e. The fourth-order valence-electron chi connectivity index (χ4n) is 1.31. The summed E-state index contributed by atoms with van der Waals surface area (Å²) in [6.45, 7) is 9.94. The molecule has 26 heavy (non-hydrogen) atoms. The van der Waals surface area contributed by atoms with E-state index in [1.54, 1.807) is 27.7 Å². The van der Waals surface area contributed by atoms with Crippen molar-refractivity contribution < 1.29 is 24.0 Å². The Morgan fingerprint density at radius 2 is 0.923 bits per heavy atom. The van der Waals surface area contributed by atoms with Crippen molar-refractivity contribution in [1.29, 1.82) is 0 Å². The third-order valence-corrected chi connectivity index (χ3v) is 2.94. The van der Waals surface area contributed by atoms with Crippen LogP contribution in [0.3, 0.4) is 0 Å². The first-order valence-electron chi connectivity index (χ1n) is 8.74. The molecule has 0 aromatic heterocycles. The number of ketones is 1. The molecule has 4 amide bonds. The van der Waals surface area contributed by atoms with Gasteiger partial charge in [-0.3, -0.25) is 24.0 Å². The maximum absolute atomic E-state index is 11.5. The highest BCUT2D eigenvalue weighted by molar-refractivity contribution is 5.91. The lowest BCUT2D eigenvalue weighted by Crippen LogP contribution is -2.45. The molecule has 0 rings (SSSR count). The average Bonchev–Trinajstić information content (AvgIpc) is 2.61. The summed E-state index contributed by atoms with van der Waals surface area (Å²) in [5.74, 6) is -2.33. The van der Waals surface area contributed by atoms with Crippen LogP contribution in [0.25, 0.3) is 0 Å². The predicted octanol–water partition coefficient (Wildman–Crippen LogP) is -0.641. The largest absolute Gasteiger partial charge is 0.347 e. The quantitative estimate of drug-likeness (QED) is 0.405. The van der Waals surface area contributed by atoms with E-state index in [0.29, 0.717) is 0 Å². The first-order valence-corrected chi connectivity index (χ1v) is 8.74. The summed E-state index contributed by atoms with van der Waals surface area (Å²) in [6.07, 6.45) is 0. The Balaban J connectivity index is 0. The third-order valence-electron chi connectivity index (χ3n) is 2.94. The van der Waals surface area contributed by atoms with Crippen LogP contribution in [0, 0.1) is 11.8 Å².